The zero-order chi connectivity index (χ0) is 27.5. The van der Waals surface area contributed by atoms with Crippen LogP contribution in [0.4, 0.5) is 4.79 Å². The topological polar surface area (TPSA) is 81.4 Å². The Morgan fingerprint density at radius 1 is 1.08 bits per heavy atom. The highest BCUT2D eigenvalue weighted by atomic mass is 16.5. The summed E-state index contributed by atoms with van der Waals surface area (Å²) in [5, 5.41) is 7.51. The van der Waals surface area contributed by atoms with E-state index in [0.717, 1.165) is 50.7 Å². The molecule has 0 aromatic carbocycles. The number of hydrogen-bond donors (Lipinski definition) is 1. The lowest BCUT2D eigenvalue weighted by Crippen LogP contribution is -2.70. The minimum Gasteiger partial charge on any atom is -0.453 e. The molecule has 6 nitrogen and oxygen atoms in total. The van der Waals surface area contributed by atoms with E-state index in [4.69, 9.17) is 9.26 Å². The fourth-order valence-corrected chi connectivity index (χ4v) is 11.0. The smallest absolute Gasteiger partial charge is 0.407 e. The van der Waals surface area contributed by atoms with Crippen LogP contribution >= 0.6 is 0 Å². The second-order valence-corrected chi connectivity index (χ2v) is 14.9. The number of allylic oxidation sites excluding steroid dienone is 2. The van der Waals surface area contributed by atoms with Gasteiger partial charge in [0.2, 0.25) is 0 Å². The highest BCUT2D eigenvalue weighted by Gasteiger charge is 2.70. The maximum absolute atomic E-state index is 14.6. The summed E-state index contributed by atoms with van der Waals surface area (Å²) in [5.41, 5.74) is 1.65. The average Bonchev–Trinajstić information content (AvgIpc) is 3.33. The molecule has 0 unspecified atom stereocenters. The summed E-state index contributed by atoms with van der Waals surface area (Å²) in [6, 6.07) is 0. The number of carbonyl (C=O) groups is 2. The molecule has 5 aliphatic carbocycles. The van der Waals surface area contributed by atoms with Gasteiger partial charge < -0.3 is 14.6 Å². The normalized spacial score (nSPS) is 46.9. The molecule has 0 saturated heterocycles. The van der Waals surface area contributed by atoms with Gasteiger partial charge in [-0.05, 0) is 90.9 Å². The van der Waals surface area contributed by atoms with E-state index >= 15 is 0 Å². The van der Waals surface area contributed by atoms with Gasteiger partial charge in [-0.1, -0.05) is 59.2 Å². The molecule has 1 aromatic heterocycles. The summed E-state index contributed by atoms with van der Waals surface area (Å²) < 4.78 is 10.9. The number of hydrogen-bond acceptors (Lipinski definition) is 5. The predicted molar refractivity (Wildman–Crippen MR) is 145 cm³/mol. The van der Waals surface area contributed by atoms with Gasteiger partial charge in [0.25, 0.3) is 0 Å². The summed E-state index contributed by atoms with van der Waals surface area (Å²) in [6.45, 7) is 16.5. The summed E-state index contributed by atoms with van der Waals surface area (Å²) in [4.78, 5) is 27.2. The predicted octanol–water partition coefficient (Wildman–Crippen LogP) is 6.63. The van der Waals surface area contributed by atoms with Crippen LogP contribution in [0, 0.1) is 45.8 Å². The lowest BCUT2D eigenvalue weighted by atomic mass is 9.34. The van der Waals surface area contributed by atoms with Gasteiger partial charge in [-0.3, -0.25) is 4.79 Å². The minimum atomic E-state index is -0.383. The number of fused-ring (bicyclic) bond motifs is 8. The first-order valence-electron chi connectivity index (χ1n) is 14.8. The monoisotopic (exact) mass is 522 g/mol. The molecule has 0 radical (unpaired) electrons. The van der Waals surface area contributed by atoms with Crippen LogP contribution in [0.2, 0.25) is 0 Å². The zero-order valence-corrected chi connectivity index (χ0v) is 24.6. The van der Waals surface area contributed by atoms with Crippen LogP contribution in [0.15, 0.2) is 22.4 Å². The molecule has 6 heteroatoms. The Morgan fingerprint density at radius 2 is 1.82 bits per heavy atom. The van der Waals surface area contributed by atoms with Gasteiger partial charge in [0, 0.05) is 22.4 Å². The minimum absolute atomic E-state index is 0.0839. The van der Waals surface area contributed by atoms with E-state index in [1.807, 2.05) is 6.20 Å². The maximum Gasteiger partial charge on any atom is 0.407 e. The van der Waals surface area contributed by atoms with Gasteiger partial charge in [-0.2, -0.15) is 0 Å². The van der Waals surface area contributed by atoms with E-state index in [-0.39, 0.29) is 50.9 Å². The second-order valence-electron chi connectivity index (χ2n) is 14.9. The average molecular weight is 523 g/mol. The molecular weight excluding hydrogens is 476 g/mol. The highest BCUT2D eigenvalue weighted by Crippen LogP contribution is 2.73. The van der Waals surface area contributed by atoms with Gasteiger partial charge in [0.15, 0.2) is 5.78 Å². The first-order valence-corrected chi connectivity index (χ1v) is 14.8. The van der Waals surface area contributed by atoms with Crippen LogP contribution < -0.4 is 5.32 Å². The first kappa shape index (κ1) is 26.1. The van der Waals surface area contributed by atoms with Crippen molar-refractivity contribution in [1.29, 1.82) is 0 Å². The van der Waals surface area contributed by atoms with Crippen molar-refractivity contribution in [3.8, 4) is 0 Å². The standard InChI is InChI=1S/C32H46N2O4/c1-18-9-12-32(34-27(36)37-8)14-13-31(7)25(24(32)19(18)2)21(35)15-23-29(5)16-20-17-33-38-26(20)28(3,4)22(29)10-11-30(23,31)6/h15,17-19,22,24-25H,9-14,16H2,1-8H3,(H,34,36)/t18-,19+,22+,24+,25-,29+,30-,31-,32+/m1/s1. The number of ketones is 1. The summed E-state index contributed by atoms with van der Waals surface area (Å²) >= 11 is 0. The van der Waals surface area contributed by atoms with Crippen LogP contribution in [0.5, 0.6) is 0 Å². The molecule has 3 saturated carbocycles. The van der Waals surface area contributed by atoms with E-state index in [9.17, 15) is 9.59 Å². The number of rotatable bonds is 1. The third-order valence-corrected chi connectivity index (χ3v) is 13.2. The number of carbonyl (C=O) groups excluding carboxylic acids is 2. The Balaban J connectivity index is 1.50. The summed E-state index contributed by atoms with van der Waals surface area (Å²) in [5.74, 6) is 2.54. The number of amides is 1. The summed E-state index contributed by atoms with van der Waals surface area (Å²) in [6.07, 6.45) is 10.5. The van der Waals surface area contributed by atoms with Crippen molar-refractivity contribution >= 4 is 11.9 Å². The number of nitrogens with zero attached hydrogens (tertiary/aromatic N) is 1. The van der Waals surface area contributed by atoms with Crippen LogP contribution in [-0.4, -0.2) is 29.7 Å². The molecule has 0 aliphatic heterocycles. The highest BCUT2D eigenvalue weighted by molar-refractivity contribution is 5.95. The largest absolute Gasteiger partial charge is 0.453 e. The van der Waals surface area contributed by atoms with Crippen LogP contribution in [0.25, 0.3) is 0 Å². The van der Waals surface area contributed by atoms with Crippen molar-refractivity contribution in [3.05, 3.63) is 29.2 Å². The molecule has 5 aliphatic rings. The van der Waals surface area contributed by atoms with Crippen LogP contribution in [0.1, 0.15) is 98.3 Å². The second kappa shape index (κ2) is 7.97. The molecule has 6 rings (SSSR count). The molecule has 1 N–H and O–H groups in total. The molecule has 1 amide bonds. The number of ether oxygens (including phenoxy) is 1. The molecule has 1 heterocycles. The van der Waals surface area contributed by atoms with E-state index in [0.29, 0.717) is 17.8 Å². The van der Waals surface area contributed by atoms with Crippen molar-refractivity contribution in [2.75, 3.05) is 7.11 Å². The molecule has 1 aromatic rings. The molecule has 0 bridgehead atoms. The van der Waals surface area contributed by atoms with Crippen molar-refractivity contribution in [2.24, 2.45) is 45.8 Å². The van der Waals surface area contributed by atoms with Gasteiger partial charge in [0.1, 0.15) is 5.76 Å². The van der Waals surface area contributed by atoms with Crippen molar-refractivity contribution in [1.82, 2.24) is 10.5 Å². The zero-order valence-electron chi connectivity index (χ0n) is 24.6. The number of aromatic nitrogens is 1. The molecule has 9 atom stereocenters. The Kier molecular flexibility index (Phi) is 5.48. The van der Waals surface area contributed by atoms with E-state index in [1.54, 1.807) is 0 Å². The van der Waals surface area contributed by atoms with E-state index < -0.39 is 0 Å². The quantitative estimate of drug-likeness (QED) is 0.447. The molecule has 38 heavy (non-hydrogen) atoms. The molecular formula is C32H46N2O4. The van der Waals surface area contributed by atoms with Gasteiger partial charge in [-0.25, -0.2) is 4.79 Å². The lowest BCUT2D eigenvalue weighted by Gasteiger charge is -2.70. The van der Waals surface area contributed by atoms with Gasteiger partial charge in [0.05, 0.1) is 13.3 Å². The first-order chi connectivity index (χ1) is 17.7. The third kappa shape index (κ3) is 3.04. The van der Waals surface area contributed by atoms with Gasteiger partial charge in [-0.15, -0.1) is 0 Å². The van der Waals surface area contributed by atoms with Crippen LogP contribution in [0.3, 0.4) is 0 Å². The SMILES string of the molecule is COC(=O)N[C@]12CC[C@@H](C)[C@H](C)[C@H]1[C@H]1C(=O)C=C3[C@@]4(C)Cc5cnoc5C(C)(C)[C@@H]4CC[C@@]3(C)[C@]1(C)CC2. The Bertz CT molecular complexity index is 1220. The Morgan fingerprint density at radius 3 is 2.53 bits per heavy atom. The van der Waals surface area contributed by atoms with Crippen molar-refractivity contribution in [3.63, 3.8) is 0 Å². The molecule has 3 fully saturated rings. The van der Waals surface area contributed by atoms with Crippen molar-refractivity contribution in [2.45, 2.75) is 104 Å². The Hall–Kier alpha value is -2.11. The maximum atomic E-state index is 14.6. The number of alkyl carbamates (subject to hydrolysis) is 1. The van der Waals surface area contributed by atoms with E-state index in [2.05, 4.69) is 65.0 Å². The molecule has 208 valence electrons. The molecule has 0 spiro atoms. The fraction of sp³-hybridized carbons (Fsp3) is 0.781. The number of nitrogens with one attached hydrogen (secondary N) is 1. The third-order valence-electron chi connectivity index (χ3n) is 13.2. The van der Waals surface area contributed by atoms with Crippen LogP contribution in [-0.2, 0) is 21.4 Å². The fourth-order valence-electron chi connectivity index (χ4n) is 11.0. The van der Waals surface area contributed by atoms with E-state index in [1.165, 1.54) is 18.2 Å². The van der Waals surface area contributed by atoms with Gasteiger partial charge >= 0.3 is 6.09 Å². The Labute approximate surface area is 227 Å². The number of methoxy groups -OCH3 is 1. The lowest BCUT2D eigenvalue weighted by molar-refractivity contribution is -0.165. The van der Waals surface area contributed by atoms with Crippen molar-refractivity contribution < 1.29 is 18.8 Å². The summed E-state index contributed by atoms with van der Waals surface area (Å²) in [7, 11) is 1.44.